The van der Waals surface area contributed by atoms with Gasteiger partial charge in [-0.25, -0.2) is 4.79 Å². The Morgan fingerprint density at radius 3 is 2.31 bits per heavy atom. The number of amides is 1. The van der Waals surface area contributed by atoms with Gasteiger partial charge in [-0.3, -0.25) is 4.79 Å². The van der Waals surface area contributed by atoms with E-state index in [0.717, 1.165) is 19.3 Å². The molecule has 0 heterocycles. The first-order valence-corrected chi connectivity index (χ1v) is 5.45. The second-order valence-corrected chi connectivity index (χ2v) is 3.59. The van der Waals surface area contributed by atoms with E-state index < -0.39 is 18.6 Å². The van der Waals surface area contributed by atoms with Gasteiger partial charge in [0.05, 0.1) is 6.61 Å². The van der Waals surface area contributed by atoms with Crippen molar-refractivity contribution < 1.29 is 19.8 Å². The lowest BCUT2D eigenvalue weighted by molar-refractivity contribution is -0.142. The van der Waals surface area contributed by atoms with E-state index in [4.69, 9.17) is 15.9 Å². The molecule has 1 amide bonds. The molecule has 0 unspecified atom stereocenters. The van der Waals surface area contributed by atoms with Crippen LogP contribution in [0.3, 0.4) is 0 Å². The van der Waals surface area contributed by atoms with Crippen LogP contribution in [-0.4, -0.2) is 41.3 Å². The van der Waals surface area contributed by atoms with Gasteiger partial charge in [0.25, 0.3) is 0 Å². The minimum absolute atomic E-state index is 0.286. The van der Waals surface area contributed by atoms with Crippen LogP contribution < -0.4 is 11.1 Å². The normalized spacial score (nSPS) is 12.1. The Labute approximate surface area is 94.8 Å². The molecule has 0 saturated carbocycles. The van der Waals surface area contributed by atoms with Crippen LogP contribution in [0.2, 0.25) is 0 Å². The van der Waals surface area contributed by atoms with Crippen molar-refractivity contribution in [2.24, 2.45) is 5.73 Å². The van der Waals surface area contributed by atoms with Crippen LogP contribution in [0, 0.1) is 0 Å². The topological polar surface area (TPSA) is 113 Å². The van der Waals surface area contributed by atoms with Gasteiger partial charge in [0.15, 0.2) is 0 Å². The zero-order chi connectivity index (χ0) is 12.4. The van der Waals surface area contributed by atoms with Crippen molar-refractivity contribution in [3.8, 4) is 0 Å². The first-order chi connectivity index (χ1) is 7.61. The van der Waals surface area contributed by atoms with Crippen molar-refractivity contribution in [1.29, 1.82) is 0 Å². The van der Waals surface area contributed by atoms with Crippen molar-refractivity contribution in [3.63, 3.8) is 0 Å². The predicted molar refractivity (Wildman–Crippen MR) is 58.8 cm³/mol. The summed E-state index contributed by atoms with van der Waals surface area (Å²) in [5.74, 6) is -1.56. The molecule has 0 spiro atoms. The van der Waals surface area contributed by atoms with Crippen molar-refractivity contribution in [2.45, 2.75) is 38.1 Å². The van der Waals surface area contributed by atoms with Gasteiger partial charge in [0.1, 0.15) is 6.04 Å². The van der Waals surface area contributed by atoms with Crippen molar-refractivity contribution in [1.82, 2.24) is 5.32 Å². The molecule has 0 rings (SSSR count). The van der Waals surface area contributed by atoms with Gasteiger partial charge >= 0.3 is 5.97 Å². The predicted octanol–water partition coefficient (Wildman–Crippen LogP) is -0.543. The minimum Gasteiger partial charge on any atom is -0.480 e. The van der Waals surface area contributed by atoms with Crippen molar-refractivity contribution in [2.75, 3.05) is 13.2 Å². The maximum Gasteiger partial charge on any atom is 0.328 e. The SMILES string of the molecule is NCCCCCCC(=O)N[C@@H](CO)C(=O)O. The number of carboxylic acid groups (broad SMARTS) is 1. The van der Waals surface area contributed by atoms with E-state index in [1.165, 1.54) is 0 Å². The number of aliphatic carboxylic acids is 1. The molecule has 1 atom stereocenters. The zero-order valence-corrected chi connectivity index (χ0v) is 9.32. The molecule has 0 aliphatic heterocycles. The minimum atomic E-state index is -1.22. The first-order valence-electron chi connectivity index (χ1n) is 5.45. The summed E-state index contributed by atoms with van der Waals surface area (Å²) in [6.07, 6.45) is 3.82. The number of unbranched alkanes of at least 4 members (excludes halogenated alkanes) is 3. The molecule has 0 aromatic heterocycles. The summed E-state index contributed by atoms with van der Waals surface area (Å²) in [6.45, 7) is 0.0616. The Bertz CT molecular complexity index is 221. The van der Waals surface area contributed by atoms with E-state index in [1.54, 1.807) is 0 Å². The highest BCUT2D eigenvalue weighted by atomic mass is 16.4. The maximum atomic E-state index is 11.2. The standard InChI is InChI=1S/C10H20N2O4/c11-6-4-2-1-3-5-9(14)12-8(7-13)10(15)16/h8,13H,1-7,11H2,(H,12,14)(H,15,16)/t8-/m0/s1. The highest BCUT2D eigenvalue weighted by Crippen LogP contribution is 2.02. The molecule has 0 aromatic rings. The Morgan fingerprint density at radius 1 is 1.19 bits per heavy atom. The lowest BCUT2D eigenvalue weighted by atomic mass is 10.1. The molecule has 0 bridgehead atoms. The molecule has 16 heavy (non-hydrogen) atoms. The van der Waals surface area contributed by atoms with Crippen molar-refractivity contribution >= 4 is 11.9 Å². The van der Waals surface area contributed by atoms with Crippen LogP contribution in [0.4, 0.5) is 0 Å². The third-order valence-corrected chi connectivity index (χ3v) is 2.17. The molecule has 0 aromatic carbocycles. The highest BCUT2D eigenvalue weighted by Gasteiger charge is 2.17. The van der Waals surface area contributed by atoms with E-state index in [1.807, 2.05) is 0 Å². The Morgan fingerprint density at radius 2 is 1.81 bits per heavy atom. The monoisotopic (exact) mass is 232 g/mol. The molecule has 94 valence electrons. The number of aliphatic hydroxyl groups excluding tert-OH is 1. The second-order valence-electron chi connectivity index (χ2n) is 3.59. The molecular weight excluding hydrogens is 212 g/mol. The number of aliphatic hydroxyl groups is 1. The number of hydrogen-bond donors (Lipinski definition) is 4. The summed E-state index contributed by atoms with van der Waals surface area (Å²) < 4.78 is 0. The molecule has 6 heteroatoms. The van der Waals surface area contributed by atoms with E-state index in [2.05, 4.69) is 5.32 Å². The maximum absolute atomic E-state index is 11.2. The lowest BCUT2D eigenvalue weighted by Crippen LogP contribution is -2.43. The summed E-state index contributed by atoms with van der Waals surface area (Å²) in [5, 5.41) is 19.5. The Hall–Kier alpha value is -1.14. The number of carbonyl (C=O) groups excluding carboxylic acids is 1. The van der Waals surface area contributed by atoms with E-state index >= 15 is 0 Å². The average molecular weight is 232 g/mol. The fourth-order valence-corrected chi connectivity index (χ4v) is 1.24. The second kappa shape index (κ2) is 9.11. The summed E-state index contributed by atoms with van der Waals surface area (Å²) in [5.41, 5.74) is 5.32. The van der Waals surface area contributed by atoms with Gasteiger partial charge in [0, 0.05) is 6.42 Å². The van der Waals surface area contributed by atoms with E-state index in [9.17, 15) is 9.59 Å². The molecule has 6 nitrogen and oxygen atoms in total. The van der Waals surface area contributed by atoms with Gasteiger partial charge in [-0.2, -0.15) is 0 Å². The van der Waals surface area contributed by atoms with Gasteiger partial charge < -0.3 is 21.3 Å². The van der Waals surface area contributed by atoms with Gasteiger partial charge in [0.2, 0.25) is 5.91 Å². The van der Waals surface area contributed by atoms with Crippen LogP contribution in [0.15, 0.2) is 0 Å². The largest absolute Gasteiger partial charge is 0.480 e. The fraction of sp³-hybridized carbons (Fsp3) is 0.800. The number of carboxylic acids is 1. The van der Waals surface area contributed by atoms with Crippen LogP contribution in [-0.2, 0) is 9.59 Å². The molecule has 0 aliphatic rings. The molecule has 0 radical (unpaired) electrons. The smallest absolute Gasteiger partial charge is 0.328 e. The summed E-state index contributed by atoms with van der Waals surface area (Å²) in [7, 11) is 0. The summed E-state index contributed by atoms with van der Waals surface area (Å²) in [6, 6.07) is -1.20. The molecule has 0 fully saturated rings. The number of hydrogen-bond acceptors (Lipinski definition) is 4. The van der Waals surface area contributed by atoms with Crippen LogP contribution in [0.25, 0.3) is 0 Å². The lowest BCUT2D eigenvalue weighted by Gasteiger charge is -2.11. The van der Waals surface area contributed by atoms with Crippen LogP contribution in [0.5, 0.6) is 0 Å². The summed E-state index contributed by atoms with van der Waals surface area (Å²) >= 11 is 0. The zero-order valence-electron chi connectivity index (χ0n) is 9.32. The van der Waals surface area contributed by atoms with Crippen LogP contribution >= 0.6 is 0 Å². The van der Waals surface area contributed by atoms with E-state index in [-0.39, 0.29) is 12.3 Å². The Kier molecular flexibility index (Phi) is 8.46. The van der Waals surface area contributed by atoms with E-state index in [0.29, 0.717) is 13.0 Å². The molecule has 0 aliphatic carbocycles. The van der Waals surface area contributed by atoms with Crippen molar-refractivity contribution in [3.05, 3.63) is 0 Å². The van der Waals surface area contributed by atoms with Gasteiger partial charge in [-0.1, -0.05) is 12.8 Å². The van der Waals surface area contributed by atoms with Gasteiger partial charge in [-0.15, -0.1) is 0 Å². The highest BCUT2D eigenvalue weighted by molar-refractivity contribution is 5.83. The average Bonchev–Trinajstić information content (AvgIpc) is 2.25. The third-order valence-electron chi connectivity index (χ3n) is 2.17. The molecular formula is C10H20N2O4. The molecule has 0 saturated heterocycles. The van der Waals surface area contributed by atoms with Crippen LogP contribution in [0.1, 0.15) is 32.1 Å². The first kappa shape index (κ1) is 14.9. The Balaban J connectivity index is 3.61. The number of nitrogens with one attached hydrogen (secondary N) is 1. The van der Waals surface area contributed by atoms with Gasteiger partial charge in [-0.05, 0) is 19.4 Å². The number of rotatable bonds is 9. The number of nitrogens with two attached hydrogens (primary N) is 1. The number of carbonyl (C=O) groups is 2. The quantitative estimate of drug-likeness (QED) is 0.399. The summed E-state index contributed by atoms with van der Waals surface area (Å²) in [4.78, 5) is 21.7. The third kappa shape index (κ3) is 7.19. The fourth-order valence-electron chi connectivity index (χ4n) is 1.24. The molecule has 5 N–H and O–H groups in total.